The predicted molar refractivity (Wildman–Crippen MR) is 57.7 cm³/mol. The van der Waals surface area contributed by atoms with Crippen molar-refractivity contribution in [1.29, 1.82) is 0 Å². The molecule has 1 heterocycles. The van der Waals surface area contributed by atoms with Gasteiger partial charge in [0, 0.05) is 12.5 Å². The minimum absolute atomic E-state index is 0.410. The Morgan fingerprint density at radius 1 is 1.33 bits per heavy atom. The lowest BCUT2D eigenvalue weighted by atomic mass is 10.1. The molecule has 1 unspecified atom stereocenters. The summed E-state index contributed by atoms with van der Waals surface area (Å²) >= 11 is 0. The van der Waals surface area contributed by atoms with Gasteiger partial charge >= 0.3 is 0 Å². The SMILES string of the molecule is FCc1ccc(OCC2CCNC2)cc1. The quantitative estimate of drug-likeness (QED) is 0.820. The molecule has 0 radical (unpaired) electrons. The first kappa shape index (κ1) is 10.4. The van der Waals surface area contributed by atoms with Gasteiger partial charge in [0.25, 0.3) is 0 Å². The highest BCUT2D eigenvalue weighted by Crippen LogP contribution is 2.15. The molecule has 15 heavy (non-hydrogen) atoms. The average molecular weight is 209 g/mol. The molecule has 1 aliphatic heterocycles. The van der Waals surface area contributed by atoms with Crippen molar-refractivity contribution in [2.45, 2.75) is 13.1 Å². The van der Waals surface area contributed by atoms with Gasteiger partial charge in [0.05, 0.1) is 6.61 Å². The van der Waals surface area contributed by atoms with Crippen molar-refractivity contribution in [3.63, 3.8) is 0 Å². The first-order valence-electron chi connectivity index (χ1n) is 5.37. The molecule has 1 aromatic rings. The van der Waals surface area contributed by atoms with Crippen LogP contribution in [0, 0.1) is 5.92 Å². The van der Waals surface area contributed by atoms with Crippen molar-refractivity contribution in [2.24, 2.45) is 5.92 Å². The van der Waals surface area contributed by atoms with Crippen molar-refractivity contribution in [1.82, 2.24) is 5.32 Å². The van der Waals surface area contributed by atoms with E-state index < -0.39 is 6.67 Å². The highest BCUT2D eigenvalue weighted by Gasteiger charge is 2.14. The molecule has 2 nitrogen and oxygen atoms in total. The zero-order valence-electron chi connectivity index (χ0n) is 8.71. The summed E-state index contributed by atoms with van der Waals surface area (Å²) in [6.07, 6.45) is 1.18. The first-order chi connectivity index (χ1) is 7.38. The highest BCUT2D eigenvalue weighted by molar-refractivity contribution is 5.26. The van der Waals surface area contributed by atoms with Gasteiger partial charge in [0.15, 0.2) is 0 Å². The molecule has 0 aliphatic carbocycles. The van der Waals surface area contributed by atoms with Gasteiger partial charge in [-0.2, -0.15) is 0 Å². The summed E-state index contributed by atoms with van der Waals surface area (Å²) < 4.78 is 17.9. The maximum atomic E-state index is 12.2. The van der Waals surface area contributed by atoms with Gasteiger partial charge in [-0.25, -0.2) is 4.39 Å². The molecular formula is C12H16FNO. The third-order valence-corrected chi connectivity index (χ3v) is 2.73. The van der Waals surface area contributed by atoms with Crippen LogP contribution in [0.3, 0.4) is 0 Å². The van der Waals surface area contributed by atoms with Crippen molar-refractivity contribution < 1.29 is 9.13 Å². The van der Waals surface area contributed by atoms with E-state index in [1.54, 1.807) is 12.1 Å². The molecule has 0 amide bonds. The van der Waals surface area contributed by atoms with E-state index in [1.165, 1.54) is 6.42 Å². The molecule has 1 aromatic carbocycles. The van der Waals surface area contributed by atoms with E-state index in [0.717, 1.165) is 25.4 Å². The molecule has 1 N–H and O–H groups in total. The van der Waals surface area contributed by atoms with E-state index in [4.69, 9.17) is 4.74 Å². The minimum atomic E-state index is -0.410. The summed E-state index contributed by atoms with van der Waals surface area (Å²) in [5.74, 6) is 1.45. The number of halogens is 1. The minimum Gasteiger partial charge on any atom is -0.493 e. The van der Waals surface area contributed by atoms with Crippen LogP contribution in [0.2, 0.25) is 0 Å². The van der Waals surface area contributed by atoms with Crippen molar-refractivity contribution >= 4 is 0 Å². The van der Waals surface area contributed by atoms with Gasteiger partial charge in [-0.05, 0) is 30.7 Å². The number of nitrogens with one attached hydrogen (secondary N) is 1. The zero-order valence-corrected chi connectivity index (χ0v) is 8.71. The molecule has 1 saturated heterocycles. The second-order valence-electron chi connectivity index (χ2n) is 3.95. The van der Waals surface area contributed by atoms with E-state index in [1.807, 2.05) is 12.1 Å². The van der Waals surface area contributed by atoms with Crippen LogP contribution in [0.5, 0.6) is 5.75 Å². The molecule has 2 rings (SSSR count). The number of alkyl halides is 1. The Kier molecular flexibility index (Phi) is 3.56. The predicted octanol–water partition coefficient (Wildman–Crippen LogP) is 2.14. The lowest BCUT2D eigenvalue weighted by molar-refractivity contribution is 0.260. The monoisotopic (exact) mass is 209 g/mol. The number of rotatable bonds is 4. The second kappa shape index (κ2) is 5.12. The average Bonchev–Trinajstić information content (AvgIpc) is 2.80. The summed E-state index contributed by atoms with van der Waals surface area (Å²) in [6, 6.07) is 7.19. The van der Waals surface area contributed by atoms with E-state index >= 15 is 0 Å². The van der Waals surface area contributed by atoms with Gasteiger partial charge < -0.3 is 10.1 Å². The molecule has 0 bridgehead atoms. The summed E-state index contributed by atoms with van der Waals surface area (Å²) in [7, 11) is 0. The Labute approximate surface area is 89.4 Å². The van der Waals surface area contributed by atoms with E-state index in [9.17, 15) is 4.39 Å². The molecule has 0 aromatic heterocycles. The number of ether oxygens (including phenoxy) is 1. The lowest BCUT2D eigenvalue weighted by Gasteiger charge is -2.10. The Morgan fingerprint density at radius 3 is 2.73 bits per heavy atom. The Balaban J connectivity index is 1.82. The van der Waals surface area contributed by atoms with Crippen molar-refractivity contribution in [3.8, 4) is 5.75 Å². The molecule has 0 spiro atoms. The fourth-order valence-corrected chi connectivity index (χ4v) is 1.75. The molecule has 1 aliphatic rings. The van der Waals surface area contributed by atoms with Crippen LogP contribution in [-0.4, -0.2) is 19.7 Å². The highest BCUT2D eigenvalue weighted by atomic mass is 19.1. The maximum absolute atomic E-state index is 12.2. The summed E-state index contributed by atoms with van der Waals surface area (Å²) in [5, 5.41) is 3.30. The van der Waals surface area contributed by atoms with E-state index in [-0.39, 0.29) is 0 Å². The fraction of sp³-hybridized carbons (Fsp3) is 0.500. The van der Waals surface area contributed by atoms with Gasteiger partial charge in [-0.1, -0.05) is 12.1 Å². The standard InChI is InChI=1S/C12H16FNO/c13-7-10-1-3-12(4-2-10)15-9-11-5-6-14-8-11/h1-4,11,14H,5-9H2. The van der Waals surface area contributed by atoms with Crippen LogP contribution in [0.15, 0.2) is 24.3 Å². The molecule has 1 atom stereocenters. The van der Waals surface area contributed by atoms with Crippen LogP contribution in [-0.2, 0) is 6.67 Å². The summed E-state index contributed by atoms with van der Waals surface area (Å²) in [5.41, 5.74) is 0.699. The Hall–Kier alpha value is -1.09. The maximum Gasteiger partial charge on any atom is 0.119 e. The smallest absolute Gasteiger partial charge is 0.119 e. The molecule has 3 heteroatoms. The molecular weight excluding hydrogens is 193 g/mol. The van der Waals surface area contributed by atoms with Crippen LogP contribution < -0.4 is 10.1 Å². The van der Waals surface area contributed by atoms with Gasteiger partial charge in [-0.15, -0.1) is 0 Å². The van der Waals surface area contributed by atoms with Crippen LogP contribution >= 0.6 is 0 Å². The second-order valence-corrected chi connectivity index (χ2v) is 3.95. The number of hydrogen-bond acceptors (Lipinski definition) is 2. The lowest BCUT2D eigenvalue weighted by Crippen LogP contribution is -2.15. The molecule has 1 fully saturated rings. The van der Waals surface area contributed by atoms with Gasteiger partial charge in [0.2, 0.25) is 0 Å². The van der Waals surface area contributed by atoms with Gasteiger partial charge in [0.1, 0.15) is 12.4 Å². The van der Waals surface area contributed by atoms with Gasteiger partial charge in [-0.3, -0.25) is 0 Å². The topological polar surface area (TPSA) is 21.3 Å². The zero-order chi connectivity index (χ0) is 10.5. The number of hydrogen-bond donors (Lipinski definition) is 1. The Morgan fingerprint density at radius 2 is 2.13 bits per heavy atom. The fourth-order valence-electron chi connectivity index (χ4n) is 1.75. The van der Waals surface area contributed by atoms with E-state index in [2.05, 4.69) is 5.32 Å². The molecule has 82 valence electrons. The normalized spacial score (nSPS) is 20.5. The van der Waals surface area contributed by atoms with E-state index in [0.29, 0.717) is 11.5 Å². The molecule has 0 saturated carbocycles. The third-order valence-electron chi connectivity index (χ3n) is 2.73. The summed E-state index contributed by atoms with van der Waals surface area (Å²) in [6.45, 7) is 2.48. The largest absolute Gasteiger partial charge is 0.493 e. The Bertz CT molecular complexity index is 293. The third kappa shape index (κ3) is 2.93. The van der Waals surface area contributed by atoms with Crippen LogP contribution in [0.4, 0.5) is 4.39 Å². The van der Waals surface area contributed by atoms with Crippen LogP contribution in [0.1, 0.15) is 12.0 Å². The summed E-state index contributed by atoms with van der Waals surface area (Å²) in [4.78, 5) is 0. The van der Waals surface area contributed by atoms with Crippen molar-refractivity contribution in [3.05, 3.63) is 29.8 Å². The van der Waals surface area contributed by atoms with Crippen LogP contribution in [0.25, 0.3) is 0 Å². The first-order valence-corrected chi connectivity index (χ1v) is 5.37. The van der Waals surface area contributed by atoms with Crippen molar-refractivity contribution in [2.75, 3.05) is 19.7 Å². The number of benzene rings is 1.